The lowest BCUT2D eigenvalue weighted by Crippen LogP contribution is -2.50. The normalized spacial score (nSPS) is 17.9. The van der Waals surface area contributed by atoms with Gasteiger partial charge in [-0.05, 0) is 63.9 Å². The number of ketones is 1. The van der Waals surface area contributed by atoms with Gasteiger partial charge in [0.1, 0.15) is 16.3 Å². The molecule has 0 bridgehead atoms. The maximum absolute atomic E-state index is 13.4. The second kappa shape index (κ2) is 11.4. The maximum atomic E-state index is 13.4. The number of hydrogen-bond donors (Lipinski definition) is 3. The van der Waals surface area contributed by atoms with Gasteiger partial charge >= 0.3 is 6.09 Å². The summed E-state index contributed by atoms with van der Waals surface area (Å²) in [6.45, 7) is 6.81. The maximum Gasteiger partial charge on any atom is 0.411 e. The fourth-order valence-corrected chi connectivity index (χ4v) is 4.33. The highest BCUT2D eigenvalue weighted by Crippen LogP contribution is 2.30. The number of Topliss-reactive ketones (excluding diaryl/α,β-unsaturated/α-hetero) is 1. The van der Waals surface area contributed by atoms with Gasteiger partial charge in [-0.25, -0.2) is 10.6 Å². The molecule has 4 N–H and O–H groups in total. The van der Waals surface area contributed by atoms with E-state index in [0.717, 1.165) is 17.0 Å². The topological polar surface area (TPSA) is 109 Å². The summed E-state index contributed by atoms with van der Waals surface area (Å²) in [5, 5.41) is 7.79. The summed E-state index contributed by atoms with van der Waals surface area (Å²) in [5.74, 6) is 7.72. The van der Waals surface area contributed by atoms with Crippen molar-refractivity contribution in [1.82, 2.24) is 15.2 Å². The Hall–Kier alpha value is -3.37. The van der Waals surface area contributed by atoms with E-state index in [1.807, 2.05) is 42.6 Å². The van der Waals surface area contributed by atoms with Crippen molar-refractivity contribution in [1.29, 1.82) is 0 Å². The number of nitrogens with two attached hydrogens (primary N) is 1. The van der Waals surface area contributed by atoms with E-state index in [-0.39, 0.29) is 30.4 Å². The fourth-order valence-electron chi connectivity index (χ4n) is 3.98. The van der Waals surface area contributed by atoms with Crippen molar-refractivity contribution in [3.63, 3.8) is 0 Å². The number of thiocarbonyl (C=S) groups is 1. The molecule has 3 aliphatic rings. The SMILES string of the molecule is CC(C)(C)OC(=O)N1CC(=O)C(C(=S)Nc2ccccc2)=C(N(N)CC2=C(OCC3CC3)CNC=C2)C1. The standard InChI is InChI=1S/C27H35N5O4S/c1-27(2,3)36-26(34)31-15-21(24(22(33)16-31)25(37)30-20-7-5-4-6-8-20)32(28)14-19-11-12-29-13-23(19)35-17-18-9-10-18/h4-8,11-12,18,29H,9-10,13-17,28H2,1-3H3,(H,30,37). The van der Waals surface area contributed by atoms with Gasteiger partial charge in [-0.15, -0.1) is 0 Å². The number of carbonyl (C=O) groups excluding carboxylic acids is 2. The number of amides is 1. The number of nitrogens with zero attached hydrogens (tertiary/aromatic N) is 2. The van der Waals surface area contributed by atoms with Gasteiger partial charge in [0.25, 0.3) is 0 Å². The van der Waals surface area contributed by atoms with Gasteiger partial charge in [0, 0.05) is 11.3 Å². The zero-order valence-electron chi connectivity index (χ0n) is 21.6. The highest BCUT2D eigenvalue weighted by Gasteiger charge is 2.35. The first kappa shape index (κ1) is 26.7. The van der Waals surface area contributed by atoms with Crippen molar-refractivity contribution >= 4 is 34.8 Å². The summed E-state index contributed by atoms with van der Waals surface area (Å²) >= 11 is 5.66. The van der Waals surface area contributed by atoms with Gasteiger partial charge in [0.15, 0.2) is 5.78 Å². The van der Waals surface area contributed by atoms with Crippen LogP contribution in [0.4, 0.5) is 10.5 Å². The van der Waals surface area contributed by atoms with Gasteiger partial charge in [0.05, 0.1) is 44.1 Å². The number of rotatable bonds is 8. The fraction of sp³-hybridized carbons (Fsp3) is 0.444. The van der Waals surface area contributed by atoms with E-state index in [2.05, 4.69) is 10.6 Å². The average molecular weight is 526 g/mol. The molecule has 0 radical (unpaired) electrons. The van der Waals surface area contributed by atoms with Crippen molar-refractivity contribution in [3.05, 3.63) is 65.2 Å². The first-order valence-electron chi connectivity index (χ1n) is 12.5. The third kappa shape index (κ3) is 7.33. The summed E-state index contributed by atoms with van der Waals surface area (Å²) < 4.78 is 11.6. The van der Waals surface area contributed by atoms with Crippen LogP contribution in [0.15, 0.2) is 65.2 Å². The Bertz CT molecular complexity index is 1140. The molecule has 37 heavy (non-hydrogen) atoms. The number of ether oxygens (including phenoxy) is 2. The van der Waals surface area contributed by atoms with Crippen LogP contribution in [0.5, 0.6) is 0 Å². The number of benzene rings is 1. The number of hydrazine groups is 1. The second-order valence-corrected chi connectivity index (χ2v) is 10.9. The molecule has 1 aliphatic carbocycles. The molecule has 1 fully saturated rings. The Morgan fingerprint density at radius 2 is 1.97 bits per heavy atom. The zero-order valence-corrected chi connectivity index (χ0v) is 22.4. The third-order valence-electron chi connectivity index (χ3n) is 6.05. The number of hydrogen-bond acceptors (Lipinski definition) is 8. The van der Waals surface area contributed by atoms with E-state index in [4.69, 9.17) is 27.5 Å². The van der Waals surface area contributed by atoms with Gasteiger partial charge in [-0.1, -0.05) is 30.4 Å². The molecule has 0 spiro atoms. The molecule has 4 rings (SSSR count). The van der Waals surface area contributed by atoms with Crippen molar-refractivity contribution < 1.29 is 19.1 Å². The highest BCUT2D eigenvalue weighted by atomic mass is 32.1. The predicted molar refractivity (Wildman–Crippen MR) is 146 cm³/mol. The molecule has 0 aromatic heterocycles. The molecular weight excluding hydrogens is 490 g/mol. The second-order valence-electron chi connectivity index (χ2n) is 10.4. The van der Waals surface area contributed by atoms with Gasteiger partial charge in [0.2, 0.25) is 0 Å². The Labute approximate surface area is 223 Å². The summed E-state index contributed by atoms with van der Waals surface area (Å²) in [4.78, 5) is 27.9. The van der Waals surface area contributed by atoms with Gasteiger partial charge in [-0.3, -0.25) is 9.69 Å². The summed E-state index contributed by atoms with van der Waals surface area (Å²) in [6, 6.07) is 9.37. The minimum atomic E-state index is -0.699. The largest absolute Gasteiger partial charge is 0.495 e. The quantitative estimate of drug-likeness (QED) is 0.267. The van der Waals surface area contributed by atoms with Crippen LogP contribution >= 0.6 is 12.2 Å². The molecule has 198 valence electrons. The van der Waals surface area contributed by atoms with Crippen LogP contribution in [0.1, 0.15) is 33.6 Å². The number of anilines is 1. The number of para-hydroxylation sites is 1. The van der Waals surface area contributed by atoms with Crippen molar-refractivity contribution in [2.75, 3.05) is 38.1 Å². The molecule has 2 heterocycles. The summed E-state index contributed by atoms with van der Waals surface area (Å²) in [7, 11) is 0. The molecule has 0 atom stereocenters. The molecular formula is C27H35N5O4S. The molecule has 2 aliphatic heterocycles. The average Bonchev–Trinajstić information content (AvgIpc) is 3.67. The van der Waals surface area contributed by atoms with E-state index in [1.54, 1.807) is 20.8 Å². The first-order valence-corrected chi connectivity index (χ1v) is 12.9. The molecule has 1 aromatic carbocycles. The van der Waals surface area contributed by atoms with Crippen LogP contribution in [0.25, 0.3) is 0 Å². The first-order chi connectivity index (χ1) is 17.6. The van der Waals surface area contributed by atoms with Crippen molar-refractivity contribution in [3.8, 4) is 0 Å². The van der Waals surface area contributed by atoms with E-state index >= 15 is 0 Å². The van der Waals surface area contributed by atoms with E-state index < -0.39 is 11.7 Å². The molecule has 0 unspecified atom stereocenters. The molecule has 1 amide bonds. The molecule has 10 heteroatoms. The summed E-state index contributed by atoms with van der Waals surface area (Å²) in [5.41, 5.74) is 1.69. The van der Waals surface area contributed by atoms with E-state index in [1.165, 1.54) is 22.8 Å². The van der Waals surface area contributed by atoms with Crippen molar-refractivity contribution in [2.24, 2.45) is 11.8 Å². The summed E-state index contributed by atoms with van der Waals surface area (Å²) in [6.07, 6.45) is 5.58. The van der Waals surface area contributed by atoms with Crippen LogP contribution in [0.2, 0.25) is 0 Å². The Morgan fingerprint density at radius 1 is 1.24 bits per heavy atom. The van der Waals surface area contributed by atoms with Crippen LogP contribution in [-0.4, -0.2) is 65.2 Å². The van der Waals surface area contributed by atoms with Gasteiger partial charge < -0.3 is 25.1 Å². The lowest BCUT2D eigenvalue weighted by molar-refractivity contribution is -0.117. The van der Waals surface area contributed by atoms with Crippen LogP contribution < -0.4 is 16.5 Å². The van der Waals surface area contributed by atoms with E-state index in [9.17, 15) is 9.59 Å². The van der Waals surface area contributed by atoms with Crippen LogP contribution in [0.3, 0.4) is 0 Å². The molecule has 0 saturated heterocycles. The van der Waals surface area contributed by atoms with E-state index in [0.29, 0.717) is 30.3 Å². The predicted octanol–water partition coefficient (Wildman–Crippen LogP) is 3.47. The smallest absolute Gasteiger partial charge is 0.411 e. The molecule has 1 saturated carbocycles. The molecule has 9 nitrogen and oxygen atoms in total. The van der Waals surface area contributed by atoms with Crippen molar-refractivity contribution in [2.45, 2.75) is 39.2 Å². The number of dihydropyridines is 1. The lowest BCUT2D eigenvalue weighted by Gasteiger charge is -2.35. The number of carbonyl (C=O) groups is 2. The Balaban J connectivity index is 1.61. The van der Waals surface area contributed by atoms with Crippen LogP contribution in [0, 0.1) is 5.92 Å². The highest BCUT2D eigenvalue weighted by molar-refractivity contribution is 7.81. The minimum Gasteiger partial charge on any atom is -0.495 e. The Morgan fingerprint density at radius 3 is 2.65 bits per heavy atom. The Kier molecular flexibility index (Phi) is 8.19. The monoisotopic (exact) mass is 525 g/mol. The lowest BCUT2D eigenvalue weighted by atomic mass is 10.0. The minimum absolute atomic E-state index is 0.0800. The molecule has 1 aromatic rings. The number of nitrogens with one attached hydrogen (secondary N) is 2. The van der Waals surface area contributed by atoms with Crippen LogP contribution in [-0.2, 0) is 14.3 Å². The zero-order chi connectivity index (χ0) is 26.6. The van der Waals surface area contributed by atoms with Gasteiger partial charge in [-0.2, -0.15) is 0 Å². The third-order valence-corrected chi connectivity index (χ3v) is 6.36.